The molecular weight excluding hydrogens is 360 g/mol. The topological polar surface area (TPSA) is 69.0 Å². The van der Waals surface area contributed by atoms with Crippen LogP contribution in [0.1, 0.15) is 24.6 Å². The smallest absolute Gasteiger partial charge is 0.234 e. The molecular formula is C20H20N4O2S. The number of amides is 1. The largest absolute Gasteiger partial charge is 0.457 e. The second-order valence-electron chi connectivity index (χ2n) is 6.45. The highest BCUT2D eigenvalue weighted by Gasteiger charge is 2.29. The highest BCUT2D eigenvalue weighted by atomic mass is 32.2. The van der Waals surface area contributed by atoms with Crippen LogP contribution in [0.25, 0.3) is 0 Å². The van der Waals surface area contributed by atoms with E-state index < -0.39 is 0 Å². The van der Waals surface area contributed by atoms with Gasteiger partial charge < -0.3 is 14.6 Å². The second kappa shape index (κ2) is 7.84. The van der Waals surface area contributed by atoms with Gasteiger partial charge >= 0.3 is 0 Å². The van der Waals surface area contributed by atoms with Crippen LogP contribution in [-0.4, -0.2) is 26.4 Å². The lowest BCUT2D eigenvalue weighted by molar-refractivity contribution is -0.113. The van der Waals surface area contributed by atoms with Crippen molar-refractivity contribution in [3.8, 4) is 11.5 Å². The Bertz CT molecular complexity index is 921. The molecule has 0 saturated heterocycles. The normalized spacial score (nSPS) is 13.4. The first kappa shape index (κ1) is 17.6. The number of rotatable bonds is 7. The van der Waals surface area contributed by atoms with Gasteiger partial charge in [-0.15, -0.1) is 10.2 Å². The zero-order valence-corrected chi connectivity index (χ0v) is 15.8. The van der Waals surface area contributed by atoms with Crippen LogP contribution in [-0.2, 0) is 11.8 Å². The minimum Gasteiger partial charge on any atom is -0.457 e. The van der Waals surface area contributed by atoms with Crippen molar-refractivity contribution in [2.24, 2.45) is 7.05 Å². The first-order valence-corrected chi connectivity index (χ1v) is 9.82. The van der Waals surface area contributed by atoms with Gasteiger partial charge in [0.25, 0.3) is 0 Å². The monoisotopic (exact) mass is 380 g/mol. The van der Waals surface area contributed by atoms with Crippen molar-refractivity contribution in [1.29, 1.82) is 0 Å². The standard InChI is InChI=1S/C20H20N4O2S/c1-24-19(14-7-8-14)22-23-20(24)27-13-18(25)21-15-9-11-17(12-10-15)26-16-5-3-2-4-6-16/h2-6,9-12,14H,7-8,13H2,1H3,(H,21,25). The van der Waals surface area contributed by atoms with Gasteiger partial charge in [-0.05, 0) is 49.2 Å². The maximum atomic E-state index is 12.2. The molecule has 1 aliphatic carbocycles. The molecule has 0 atom stereocenters. The number of hydrogen-bond acceptors (Lipinski definition) is 5. The summed E-state index contributed by atoms with van der Waals surface area (Å²) >= 11 is 1.40. The number of carbonyl (C=O) groups excluding carboxylic acids is 1. The summed E-state index contributed by atoms with van der Waals surface area (Å²) < 4.78 is 7.74. The number of benzene rings is 2. The molecule has 1 fully saturated rings. The maximum absolute atomic E-state index is 12.2. The Morgan fingerprint density at radius 1 is 1.11 bits per heavy atom. The molecule has 1 saturated carbocycles. The summed E-state index contributed by atoms with van der Waals surface area (Å²) in [5.74, 6) is 3.28. The molecule has 0 unspecified atom stereocenters. The lowest BCUT2D eigenvalue weighted by atomic mass is 10.3. The summed E-state index contributed by atoms with van der Waals surface area (Å²) in [4.78, 5) is 12.2. The molecule has 1 N–H and O–H groups in total. The van der Waals surface area contributed by atoms with Gasteiger partial charge in [0.2, 0.25) is 5.91 Å². The van der Waals surface area contributed by atoms with Crippen LogP contribution in [0.5, 0.6) is 11.5 Å². The van der Waals surface area contributed by atoms with Crippen LogP contribution >= 0.6 is 11.8 Å². The van der Waals surface area contributed by atoms with E-state index in [2.05, 4.69) is 15.5 Å². The molecule has 7 heteroatoms. The van der Waals surface area contributed by atoms with Crippen LogP contribution in [0, 0.1) is 0 Å². The number of thioether (sulfide) groups is 1. The van der Waals surface area contributed by atoms with E-state index in [0.717, 1.165) is 28.2 Å². The van der Waals surface area contributed by atoms with Gasteiger partial charge in [0.1, 0.15) is 17.3 Å². The summed E-state index contributed by atoms with van der Waals surface area (Å²) in [6.45, 7) is 0. The molecule has 1 heterocycles. The van der Waals surface area contributed by atoms with E-state index in [4.69, 9.17) is 4.74 Å². The van der Waals surface area contributed by atoms with Gasteiger partial charge in [0.05, 0.1) is 5.75 Å². The fourth-order valence-electron chi connectivity index (χ4n) is 2.71. The highest BCUT2D eigenvalue weighted by Crippen LogP contribution is 2.39. The zero-order valence-electron chi connectivity index (χ0n) is 15.0. The SMILES string of the molecule is Cn1c(SCC(=O)Nc2ccc(Oc3ccccc3)cc2)nnc1C1CC1. The second-order valence-corrected chi connectivity index (χ2v) is 7.39. The van der Waals surface area contributed by atoms with E-state index >= 15 is 0 Å². The predicted octanol–water partition coefficient (Wildman–Crippen LogP) is 4.22. The third kappa shape index (κ3) is 4.49. The van der Waals surface area contributed by atoms with Crippen LogP contribution in [0.4, 0.5) is 5.69 Å². The van der Waals surface area contributed by atoms with Crippen molar-refractivity contribution in [3.05, 3.63) is 60.4 Å². The van der Waals surface area contributed by atoms with Crippen LogP contribution < -0.4 is 10.1 Å². The molecule has 4 rings (SSSR count). The average Bonchev–Trinajstić information content (AvgIpc) is 3.46. The van der Waals surface area contributed by atoms with Gasteiger partial charge in [-0.3, -0.25) is 4.79 Å². The minimum absolute atomic E-state index is 0.0762. The van der Waals surface area contributed by atoms with Crippen molar-refractivity contribution in [2.75, 3.05) is 11.1 Å². The molecule has 0 aliphatic heterocycles. The molecule has 0 spiro atoms. The molecule has 1 amide bonds. The first-order chi connectivity index (χ1) is 13.2. The highest BCUT2D eigenvalue weighted by molar-refractivity contribution is 7.99. The Hall–Kier alpha value is -2.80. The number of nitrogens with zero attached hydrogens (tertiary/aromatic N) is 3. The number of ether oxygens (including phenoxy) is 1. The summed E-state index contributed by atoms with van der Waals surface area (Å²) in [7, 11) is 1.96. The van der Waals surface area contributed by atoms with Gasteiger partial charge in [-0.25, -0.2) is 0 Å². The number of nitrogens with one attached hydrogen (secondary N) is 1. The Morgan fingerprint density at radius 2 is 1.81 bits per heavy atom. The molecule has 0 bridgehead atoms. The average molecular weight is 380 g/mol. The van der Waals surface area contributed by atoms with Gasteiger partial charge in [-0.2, -0.15) is 0 Å². The third-order valence-electron chi connectivity index (χ3n) is 4.26. The molecule has 0 radical (unpaired) electrons. The zero-order chi connectivity index (χ0) is 18.6. The predicted molar refractivity (Wildman–Crippen MR) is 105 cm³/mol. The Morgan fingerprint density at radius 3 is 2.52 bits per heavy atom. The summed E-state index contributed by atoms with van der Waals surface area (Å²) in [6.07, 6.45) is 2.36. The molecule has 138 valence electrons. The van der Waals surface area contributed by atoms with Crippen LogP contribution in [0.15, 0.2) is 59.8 Å². The number of para-hydroxylation sites is 1. The van der Waals surface area contributed by atoms with E-state index in [0.29, 0.717) is 11.7 Å². The number of hydrogen-bond donors (Lipinski definition) is 1. The third-order valence-corrected chi connectivity index (χ3v) is 5.28. The van der Waals surface area contributed by atoms with Crippen molar-refractivity contribution < 1.29 is 9.53 Å². The van der Waals surface area contributed by atoms with Gasteiger partial charge in [0.15, 0.2) is 5.16 Å². The van der Waals surface area contributed by atoms with E-state index in [-0.39, 0.29) is 5.91 Å². The number of carbonyl (C=O) groups is 1. The quantitative estimate of drug-likeness (QED) is 0.622. The Balaban J connectivity index is 1.29. The summed E-state index contributed by atoms with van der Waals surface area (Å²) in [6, 6.07) is 16.9. The van der Waals surface area contributed by atoms with Crippen molar-refractivity contribution >= 4 is 23.4 Å². The fraction of sp³-hybridized carbons (Fsp3) is 0.250. The Labute approximate surface area is 162 Å². The van der Waals surface area contributed by atoms with Crippen LogP contribution in [0.2, 0.25) is 0 Å². The van der Waals surface area contributed by atoms with E-state index in [1.165, 1.54) is 24.6 Å². The van der Waals surface area contributed by atoms with Crippen LogP contribution in [0.3, 0.4) is 0 Å². The molecule has 3 aromatic rings. The van der Waals surface area contributed by atoms with E-state index in [1.807, 2.05) is 66.2 Å². The molecule has 6 nitrogen and oxygen atoms in total. The van der Waals surface area contributed by atoms with Crippen molar-refractivity contribution in [3.63, 3.8) is 0 Å². The van der Waals surface area contributed by atoms with Gasteiger partial charge in [0, 0.05) is 18.7 Å². The van der Waals surface area contributed by atoms with Crippen molar-refractivity contribution in [2.45, 2.75) is 23.9 Å². The van der Waals surface area contributed by atoms with E-state index in [9.17, 15) is 4.79 Å². The molecule has 2 aromatic carbocycles. The lowest BCUT2D eigenvalue weighted by Crippen LogP contribution is -2.14. The summed E-state index contributed by atoms with van der Waals surface area (Å²) in [5.41, 5.74) is 0.734. The lowest BCUT2D eigenvalue weighted by Gasteiger charge is -2.08. The molecule has 1 aromatic heterocycles. The number of anilines is 1. The van der Waals surface area contributed by atoms with Crippen molar-refractivity contribution in [1.82, 2.24) is 14.8 Å². The first-order valence-electron chi connectivity index (χ1n) is 8.84. The summed E-state index contributed by atoms with van der Waals surface area (Å²) in [5, 5.41) is 12.1. The minimum atomic E-state index is -0.0762. The number of aromatic nitrogens is 3. The molecule has 27 heavy (non-hydrogen) atoms. The fourth-order valence-corrected chi connectivity index (χ4v) is 3.43. The molecule has 1 aliphatic rings. The van der Waals surface area contributed by atoms with E-state index in [1.54, 1.807) is 0 Å². The maximum Gasteiger partial charge on any atom is 0.234 e. The Kier molecular flexibility index (Phi) is 5.11. The van der Waals surface area contributed by atoms with Gasteiger partial charge in [-0.1, -0.05) is 30.0 Å².